The number of hydrogen-bond acceptors (Lipinski definition) is 3. The van der Waals surface area contributed by atoms with Gasteiger partial charge in [-0.1, -0.05) is 15.9 Å². The van der Waals surface area contributed by atoms with Crippen LogP contribution in [-0.4, -0.2) is 44.5 Å². The summed E-state index contributed by atoms with van der Waals surface area (Å²) in [5.74, 6) is -1.13. The van der Waals surface area contributed by atoms with Crippen molar-refractivity contribution in [1.82, 2.24) is 0 Å². The van der Waals surface area contributed by atoms with Gasteiger partial charge in [-0.2, -0.15) is 0 Å². The number of carbonyl (C=O) groups excluding carboxylic acids is 2. The van der Waals surface area contributed by atoms with Crippen LogP contribution in [0.25, 0.3) is 0 Å². The number of Topliss-reactive ketones (excluding diaryl/α,β-unsaturated/α-hetero) is 1. The molecule has 2 aromatic rings. The first-order valence-electron chi connectivity index (χ1n) is 8.53. The molecule has 1 amide bonds. The van der Waals surface area contributed by atoms with Crippen LogP contribution in [0.1, 0.15) is 10.4 Å². The number of amides is 1. The molecule has 2 heterocycles. The van der Waals surface area contributed by atoms with Crippen LogP contribution >= 0.6 is 15.9 Å². The summed E-state index contributed by atoms with van der Waals surface area (Å²) in [7, 11) is 0. The van der Waals surface area contributed by atoms with Gasteiger partial charge in [0.1, 0.15) is 5.82 Å². The summed E-state index contributed by atoms with van der Waals surface area (Å²) in [6.45, 7) is 3.83. The molecule has 0 radical (unpaired) electrons. The first kappa shape index (κ1) is 17.2. The maximum Gasteiger partial charge on any atom is 0.303 e. The van der Waals surface area contributed by atoms with Crippen molar-refractivity contribution in [2.24, 2.45) is 0 Å². The number of ketones is 1. The molecule has 2 aliphatic heterocycles. The molecule has 0 saturated carbocycles. The SMILES string of the molecule is O=C1C(=O)N(C[NH+]2CCN(c3ccc(F)cc3)CC2)c2ccc(Br)cc21. The van der Waals surface area contributed by atoms with Gasteiger partial charge in [-0.15, -0.1) is 0 Å². The first-order valence-corrected chi connectivity index (χ1v) is 9.32. The van der Waals surface area contributed by atoms with Gasteiger partial charge in [0.15, 0.2) is 6.67 Å². The van der Waals surface area contributed by atoms with E-state index in [1.165, 1.54) is 17.0 Å². The molecular weight excluding hydrogens is 401 g/mol. The molecule has 0 spiro atoms. The van der Waals surface area contributed by atoms with E-state index in [0.29, 0.717) is 17.9 Å². The third-order valence-electron chi connectivity index (χ3n) is 4.98. The number of carbonyl (C=O) groups is 2. The Bertz CT molecular complexity index is 864. The van der Waals surface area contributed by atoms with Gasteiger partial charge in [0.25, 0.3) is 5.78 Å². The highest BCUT2D eigenvalue weighted by Crippen LogP contribution is 2.30. The number of benzene rings is 2. The molecule has 0 aromatic heterocycles. The van der Waals surface area contributed by atoms with Crippen LogP contribution in [0.15, 0.2) is 46.9 Å². The Balaban J connectivity index is 1.43. The summed E-state index contributed by atoms with van der Waals surface area (Å²) >= 11 is 3.35. The minimum atomic E-state index is -0.452. The van der Waals surface area contributed by atoms with Crippen LogP contribution in [0.4, 0.5) is 15.8 Å². The van der Waals surface area contributed by atoms with E-state index in [2.05, 4.69) is 20.8 Å². The maximum atomic E-state index is 13.1. The molecule has 4 rings (SSSR count). The molecule has 26 heavy (non-hydrogen) atoms. The second-order valence-corrected chi connectivity index (χ2v) is 7.51. The zero-order valence-corrected chi connectivity index (χ0v) is 15.6. The number of halogens is 2. The molecule has 2 aromatic carbocycles. The Labute approximate surface area is 159 Å². The zero-order chi connectivity index (χ0) is 18.3. The molecule has 7 heteroatoms. The van der Waals surface area contributed by atoms with E-state index < -0.39 is 11.7 Å². The standard InChI is InChI=1S/C19H17BrFN3O2/c20-13-1-6-17-16(11-13)18(25)19(26)24(17)12-22-7-9-23(10-8-22)15-4-2-14(21)3-5-15/h1-6,11H,7-10,12H2/p+1. The first-order chi connectivity index (χ1) is 12.5. The topological polar surface area (TPSA) is 45.1 Å². The van der Waals surface area contributed by atoms with Crippen molar-refractivity contribution in [3.05, 3.63) is 58.3 Å². The van der Waals surface area contributed by atoms with E-state index >= 15 is 0 Å². The van der Waals surface area contributed by atoms with E-state index in [-0.39, 0.29) is 5.82 Å². The summed E-state index contributed by atoms with van der Waals surface area (Å²) in [6.07, 6.45) is 0. The van der Waals surface area contributed by atoms with E-state index in [9.17, 15) is 14.0 Å². The van der Waals surface area contributed by atoms with Crippen LogP contribution in [-0.2, 0) is 4.79 Å². The van der Waals surface area contributed by atoms with Crippen molar-refractivity contribution in [1.29, 1.82) is 0 Å². The van der Waals surface area contributed by atoms with Crippen molar-refractivity contribution in [2.75, 3.05) is 42.6 Å². The van der Waals surface area contributed by atoms with Crippen molar-refractivity contribution >= 4 is 39.0 Å². The van der Waals surface area contributed by atoms with Crippen LogP contribution < -0.4 is 14.7 Å². The lowest BCUT2D eigenvalue weighted by Gasteiger charge is -2.35. The summed E-state index contributed by atoms with van der Waals surface area (Å²) in [5.41, 5.74) is 2.17. The van der Waals surface area contributed by atoms with Crippen molar-refractivity contribution < 1.29 is 18.9 Å². The minimum Gasteiger partial charge on any atom is -0.360 e. The van der Waals surface area contributed by atoms with Crippen molar-refractivity contribution in [3.63, 3.8) is 0 Å². The Morgan fingerprint density at radius 1 is 1.04 bits per heavy atom. The lowest BCUT2D eigenvalue weighted by molar-refractivity contribution is -0.899. The monoisotopic (exact) mass is 418 g/mol. The fourth-order valence-electron chi connectivity index (χ4n) is 3.54. The Morgan fingerprint density at radius 3 is 2.42 bits per heavy atom. The third kappa shape index (κ3) is 3.12. The average Bonchev–Trinajstić information content (AvgIpc) is 2.88. The highest BCUT2D eigenvalue weighted by Gasteiger charge is 2.38. The van der Waals surface area contributed by atoms with Gasteiger partial charge < -0.3 is 9.80 Å². The molecular formula is C19H18BrFN3O2+. The van der Waals surface area contributed by atoms with Gasteiger partial charge in [0, 0.05) is 10.2 Å². The highest BCUT2D eigenvalue weighted by molar-refractivity contribution is 9.10. The Morgan fingerprint density at radius 2 is 1.73 bits per heavy atom. The molecule has 134 valence electrons. The number of anilines is 2. The molecule has 0 atom stereocenters. The Hall–Kier alpha value is -2.25. The number of quaternary nitrogens is 1. The van der Waals surface area contributed by atoms with Crippen LogP contribution in [0.2, 0.25) is 0 Å². The van der Waals surface area contributed by atoms with E-state index in [1.54, 1.807) is 23.1 Å². The summed E-state index contributed by atoms with van der Waals surface area (Å²) in [6, 6.07) is 11.9. The maximum absolute atomic E-state index is 13.1. The molecule has 5 nitrogen and oxygen atoms in total. The van der Waals surface area contributed by atoms with Gasteiger partial charge in [-0.3, -0.25) is 14.5 Å². The number of rotatable bonds is 3. The van der Waals surface area contributed by atoms with Crippen LogP contribution in [0.3, 0.4) is 0 Å². The second-order valence-electron chi connectivity index (χ2n) is 6.60. The smallest absolute Gasteiger partial charge is 0.303 e. The lowest BCUT2D eigenvalue weighted by atomic mass is 10.1. The normalized spacial score (nSPS) is 17.8. The van der Waals surface area contributed by atoms with Gasteiger partial charge in [-0.25, -0.2) is 4.39 Å². The van der Waals surface area contributed by atoms with Crippen LogP contribution in [0, 0.1) is 5.82 Å². The quantitative estimate of drug-likeness (QED) is 0.767. The summed E-state index contributed by atoms with van der Waals surface area (Å²) in [5, 5.41) is 0. The fourth-order valence-corrected chi connectivity index (χ4v) is 3.91. The molecule has 0 bridgehead atoms. The second kappa shape index (κ2) is 6.81. The summed E-state index contributed by atoms with van der Waals surface area (Å²) in [4.78, 5) is 29.6. The van der Waals surface area contributed by atoms with Gasteiger partial charge in [-0.05, 0) is 42.5 Å². The number of hydrogen-bond donors (Lipinski definition) is 1. The Kier molecular flexibility index (Phi) is 4.50. The largest absolute Gasteiger partial charge is 0.360 e. The molecule has 1 saturated heterocycles. The van der Waals surface area contributed by atoms with Crippen LogP contribution in [0.5, 0.6) is 0 Å². The van der Waals surface area contributed by atoms with E-state index in [0.717, 1.165) is 36.3 Å². The van der Waals surface area contributed by atoms with E-state index in [1.807, 2.05) is 12.1 Å². The van der Waals surface area contributed by atoms with Gasteiger partial charge in [0.2, 0.25) is 0 Å². The zero-order valence-electron chi connectivity index (χ0n) is 14.0. The summed E-state index contributed by atoms with van der Waals surface area (Å²) < 4.78 is 13.9. The average molecular weight is 419 g/mol. The number of nitrogens with zero attached hydrogens (tertiary/aromatic N) is 2. The molecule has 2 aliphatic rings. The minimum absolute atomic E-state index is 0.236. The molecule has 1 N–H and O–H groups in total. The highest BCUT2D eigenvalue weighted by atomic mass is 79.9. The molecule has 0 aliphatic carbocycles. The number of fused-ring (bicyclic) bond motifs is 1. The molecule has 0 unspecified atom stereocenters. The predicted octanol–water partition coefficient (Wildman–Crippen LogP) is 1.48. The number of piperazine rings is 1. The number of nitrogens with one attached hydrogen (secondary N) is 1. The van der Waals surface area contributed by atoms with Crippen molar-refractivity contribution in [2.45, 2.75) is 0 Å². The molecule has 1 fully saturated rings. The fraction of sp³-hybridized carbons (Fsp3) is 0.263. The van der Waals surface area contributed by atoms with Crippen molar-refractivity contribution in [3.8, 4) is 0 Å². The van der Waals surface area contributed by atoms with E-state index in [4.69, 9.17) is 0 Å². The van der Waals surface area contributed by atoms with Gasteiger partial charge >= 0.3 is 5.91 Å². The van der Waals surface area contributed by atoms with Gasteiger partial charge in [0.05, 0.1) is 37.4 Å². The third-order valence-corrected chi connectivity index (χ3v) is 5.47. The lowest BCUT2D eigenvalue weighted by Crippen LogP contribution is -3.16. The predicted molar refractivity (Wildman–Crippen MR) is 100 cm³/mol.